The van der Waals surface area contributed by atoms with Crippen LogP contribution in [0.1, 0.15) is 22.8 Å². The van der Waals surface area contributed by atoms with Gasteiger partial charge in [-0.2, -0.15) is 0 Å². The minimum Gasteiger partial charge on any atom is -0.507 e. The number of nitrogens with one attached hydrogen (secondary N) is 2. The van der Waals surface area contributed by atoms with Crippen LogP contribution < -0.4 is 10.9 Å². The van der Waals surface area contributed by atoms with Gasteiger partial charge in [0.15, 0.2) is 0 Å². The molecule has 0 spiro atoms. The maximum absolute atomic E-state index is 12.0. The molecule has 6 heteroatoms. The highest BCUT2D eigenvalue weighted by Gasteiger charge is 2.11. The summed E-state index contributed by atoms with van der Waals surface area (Å²) in [6.07, 6.45) is 1.78. The van der Waals surface area contributed by atoms with E-state index in [2.05, 4.69) is 10.9 Å². The average molecular weight is 337 g/mol. The normalized spacial score (nSPS) is 11.1. The fraction of sp³-hybridized carbons (Fsp3) is 0.0625. The molecule has 114 valence electrons. The van der Waals surface area contributed by atoms with Gasteiger partial charge in [0.2, 0.25) is 0 Å². The van der Waals surface area contributed by atoms with Crippen LogP contribution in [0.15, 0.2) is 48.5 Å². The molecule has 0 saturated carbocycles. The molecule has 2 aromatic rings. The van der Waals surface area contributed by atoms with Gasteiger partial charge in [0.05, 0.1) is 21.3 Å². The van der Waals surface area contributed by atoms with E-state index in [1.54, 1.807) is 36.4 Å². The first-order valence-electron chi connectivity index (χ1n) is 6.49. The molecule has 4 nitrogen and oxygen atoms in total. The quantitative estimate of drug-likeness (QED) is 0.739. The van der Waals surface area contributed by atoms with Crippen LogP contribution in [0.3, 0.4) is 0 Å². The lowest BCUT2D eigenvalue weighted by Crippen LogP contribution is -2.36. The standard InChI is InChI=1S/C16H14Cl2N2O2/c1-2-14(10-7-8-12(17)13(18)9-10)19-20-16(22)11-5-3-4-6-15(11)21/h2-9,19,21H,1H3,(H,20,22)/b14-2+. The third kappa shape index (κ3) is 3.72. The zero-order chi connectivity index (χ0) is 16.1. The molecule has 1 amide bonds. The van der Waals surface area contributed by atoms with Crippen LogP contribution in [0.5, 0.6) is 5.75 Å². The van der Waals surface area contributed by atoms with Gasteiger partial charge in [-0.15, -0.1) is 0 Å². The van der Waals surface area contributed by atoms with E-state index in [1.165, 1.54) is 12.1 Å². The van der Waals surface area contributed by atoms with Crippen LogP contribution in [0.4, 0.5) is 0 Å². The van der Waals surface area contributed by atoms with Crippen molar-refractivity contribution in [2.24, 2.45) is 0 Å². The number of amides is 1. The summed E-state index contributed by atoms with van der Waals surface area (Å²) in [6, 6.07) is 11.4. The van der Waals surface area contributed by atoms with Gasteiger partial charge in [-0.05, 0) is 31.2 Å². The molecule has 0 aliphatic heterocycles. The summed E-state index contributed by atoms with van der Waals surface area (Å²) < 4.78 is 0. The molecule has 0 atom stereocenters. The summed E-state index contributed by atoms with van der Waals surface area (Å²) >= 11 is 11.9. The van der Waals surface area contributed by atoms with Gasteiger partial charge in [-0.1, -0.05) is 47.5 Å². The molecule has 2 aromatic carbocycles. The lowest BCUT2D eigenvalue weighted by atomic mass is 10.1. The first-order valence-corrected chi connectivity index (χ1v) is 7.24. The van der Waals surface area contributed by atoms with Gasteiger partial charge in [0.1, 0.15) is 5.75 Å². The fourth-order valence-corrected chi connectivity index (χ4v) is 2.13. The van der Waals surface area contributed by atoms with Crippen LogP contribution in [0, 0.1) is 0 Å². The van der Waals surface area contributed by atoms with Crippen molar-refractivity contribution >= 4 is 34.8 Å². The predicted octanol–water partition coefficient (Wildman–Crippen LogP) is 3.99. The number of hydrogen-bond donors (Lipinski definition) is 3. The van der Waals surface area contributed by atoms with E-state index in [4.69, 9.17) is 23.2 Å². The SMILES string of the molecule is C/C=C(/NNC(=O)c1ccccc1O)c1ccc(Cl)c(Cl)c1. The third-order valence-electron chi connectivity index (χ3n) is 2.98. The van der Waals surface area contributed by atoms with Gasteiger partial charge in [-0.25, -0.2) is 0 Å². The largest absolute Gasteiger partial charge is 0.507 e. The van der Waals surface area contributed by atoms with E-state index < -0.39 is 5.91 Å². The monoisotopic (exact) mass is 336 g/mol. The summed E-state index contributed by atoms with van der Waals surface area (Å²) in [5.41, 5.74) is 6.94. The van der Waals surface area contributed by atoms with E-state index in [1.807, 2.05) is 6.92 Å². The Hall–Kier alpha value is -2.17. The maximum atomic E-state index is 12.0. The third-order valence-corrected chi connectivity index (χ3v) is 3.72. The number of hydrogen-bond acceptors (Lipinski definition) is 3. The van der Waals surface area contributed by atoms with Crippen LogP contribution in [0.2, 0.25) is 10.0 Å². The van der Waals surface area contributed by atoms with Crippen molar-refractivity contribution in [3.05, 3.63) is 69.7 Å². The molecule has 0 fully saturated rings. The van der Waals surface area contributed by atoms with Crippen molar-refractivity contribution in [1.29, 1.82) is 0 Å². The molecule has 0 aliphatic carbocycles. The lowest BCUT2D eigenvalue weighted by Gasteiger charge is -2.13. The van der Waals surface area contributed by atoms with E-state index in [0.29, 0.717) is 15.7 Å². The van der Waals surface area contributed by atoms with Crippen molar-refractivity contribution < 1.29 is 9.90 Å². The maximum Gasteiger partial charge on any atom is 0.273 e. The van der Waals surface area contributed by atoms with E-state index >= 15 is 0 Å². The van der Waals surface area contributed by atoms with E-state index in [0.717, 1.165) is 5.56 Å². The predicted molar refractivity (Wildman–Crippen MR) is 88.8 cm³/mol. The molecule has 0 unspecified atom stereocenters. The lowest BCUT2D eigenvalue weighted by molar-refractivity contribution is 0.0940. The van der Waals surface area contributed by atoms with Crippen molar-refractivity contribution in [1.82, 2.24) is 10.9 Å². The number of phenols is 1. The zero-order valence-electron chi connectivity index (χ0n) is 11.7. The summed E-state index contributed by atoms with van der Waals surface area (Å²) in [5.74, 6) is -0.532. The number of para-hydroxylation sites is 1. The first-order chi connectivity index (χ1) is 10.5. The summed E-state index contributed by atoms with van der Waals surface area (Å²) in [6.45, 7) is 1.82. The van der Waals surface area contributed by atoms with Crippen LogP contribution in [-0.4, -0.2) is 11.0 Å². The van der Waals surface area contributed by atoms with Crippen molar-refractivity contribution in [2.45, 2.75) is 6.92 Å². The Balaban J connectivity index is 2.10. The van der Waals surface area contributed by atoms with Gasteiger partial charge < -0.3 is 5.11 Å². The Kier molecular flexibility index (Phi) is 5.31. The Morgan fingerprint density at radius 3 is 2.45 bits per heavy atom. The van der Waals surface area contributed by atoms with Gasteiger partial charge >= 0.3 is 0 Å². The Morgan fingerprint density at radius 2 is 1.82 bits per heavy atom. The number of allylic oxidation sites excluding steroid dienone is 1. The van der Waals surface area contributed by atoms with Crippen LogP contribution in [0.25, 0.3) is 5.70 Å². The molecule has 0 radical (unpaired) electrons. The van der Waals surface area contributed by atoms with E-state index in [9.17, 15) is 9.90 Å². The molecule has 0 aliphatic rings. The molecule has 0 heterocycles. The highest BCUT2D eigenvalue weighted by molar-refractivity contribution is 6.42. The topological polar surface area (TPSA) is 61.4 Å². The summed E-state index contributed by atoms with van der Waals surface area (Å²) in [5, 5.41) is 10.5. The van der Waals surface area contributed by atoms with Crippen LogP contribution >= 0.6 is 23.2 Å². The average Bonchev–Trinajstić information content (AvgIpc) is 2.51. The number of carbonyl (C=O) groups excluding carboxylic acids is 1. The number of carbonyl (C=O) groups is 1. The second-order valence-corrected chi connectivity index (χ2v) is 5.24. The molecule has 2 rings (SSSR count). The van der Waals surface area contributed by atoms with Crippen molar-refractivity contribution in [2.75, 3.05) is 0 Å². The Bertz CT molecular complexity index is 730. The van der Waals surface area contributed by atoms with Gasteiger partial charge in [0.25, 0.3) is 5.91 Å². The number of benzene rings is 2. The van der Waals surface area contributed by atoms with Crippen LogP contribution in [-0.2, 0) is 0 Å². The summed E-state index contributed by atoms with van der Waals surface area (Å²) in [4.78, 5) is 12.0. The molecule has 22 heavy (non-hydrogen) atoms. The Labute approximate surface area is 138 Å². The number of aromatic hydroxyl groups is 1. The smallest absolute Gasteiger partial charge is 0.273 e. The second kappa shape index (κ2) is 7.20. The first kappa shape index (κ1) is 16.2. The molecule has 0 bridgehead atoms. The minimum absolute atomic E-state index is 0.0848. The highest BCUT2D eigenvalue weighted by Crippen LogP contribution is 2.25. The van der Waals surface area contributed by atoms with Gasteiger partial charge in [0, 0.05) is 5.56 Å². The molecular formula is C16H14Cl2N2O2. The summed E-state index contributed by atoms with van der Waals surface area (Å²) in [7, 11) is 0. The number of rotatable bonds is 4. The minimum atomic E-state index is -0.447. The molecule has 3 N–H and O–H groups in total. The highest BCUT2D eigenvalue weighted by atomic mass is 35.5. The number of halogens is 2. The van der Waals surface area contributed by atoms with Gasteiger partial charge in [-0.3, -0.25) is 15.6 Å². The fourth-order valence-electron chi connectivity index (χ4n) is 1.83. The zero-order valence-corrected chi connectivity index (χ0v) is 13.2. The number of phenolic OH excluding ortho intramolecular Hbond substituents is 1. The molecule has 0 aromatic heterocycles. The molecule has 0 saturated heterocycles. The van der Waals surface area contributed by atoms with E-state index in [-0.39, 0.29) is 11.3 Å². The Morgan fingerprint density at radius 1 is 1.09 bits per heavy atom. The van der Waals surface area contributed by atoms with Crippen molar-refractivity contribution in [3.8, 4) is 5.75 Å². The molecular weight excluding hydrogens is 323 g/mol. The second-order valence-electron chi connectivity index (χ2n) is 4.43. The van der Waals surface area contributed by atoms with Crippen molar-refractivity contribution in [3.63, 3.8) is 0 Å². The number of hydrazine groups is 1.